The van der Waals surface area contributed by atoms with Gasteiger partial charge in [-0.1, -0.05) is 39.5 Å². The van der Waals surface area contributed by atoms with E-state index in [0.717, 1.165) is 0 Å². The summed E-state index contributed by atoms with van der Waals surface area (Å²) >= 11 is 0. The minimum atomic E-state index is 0. The van der Waals surface area contributed by atoms with Crippen LogP contribution in [0.5, 0.6) is 0 Å². The molecule has 1 atom stereocenters. The number of nitrogens with two attached hydrogens (primary N) is 1. The molecule has 0 aliphatic heterocycles. The normalized spacial score (nSPS) is 13.6. The predicted molar refractivity (Wildman–Crippen MR) is 58.7 cm³/mol. The fourth-order valence-corrected chi connectivity index (χ4v) is 1.25. The standard InChI is InChI=1S/C11H25N.FH/c1-5-6-7-8-9-10(2)11(3,4)12;/h10H,5-9,12H2,1-4H3;1H. The van der Waals surface area contributed by atoms with Crippen molar-refractivity contribution in [3.63, 3.8) is 0 Å². The lowest BCUT2D eigenvalue weighted by atomic mass is 9.86. The molecular formula is C11H26FN. The zero-order valence-electron chi connectivity index (χ0n) is 9.60. The zero-order valence-corrected chi connectivity index (χ0v) is 9.60. The Bertz CT molecular complexity index is 107. The average molecular weight is 191 g/mol. The molecule has 1 nitrogen and oxygen atoms in total. The number of rotatable bonds is 6. The molecule has 0 aliphatic carbocycles. The number of hydrogen-bond acceptors (Lipinski definition) is 1. The van der Waals surface area contributed by atoms with Gasteiger partial charge in [0.25, 0.3) is 0 Å². The van der Waals surface area contributed by atoms with Crippen molar-refractivity contribution in [3.05, 3.63) is 0 Å². The lowest BCUT2D eigenvalue weighted by Gasteiger charge is -2.27. The molecule has 0 amide bonds. The van der Waals surface area contributed by atoms with E-state index in [1.165, 1.54) is 32.1 Å². The quantitative estimate of drug-likeness (QED) is 0.639. The summed E-state index contributed by atoms with van der Waals surface area (Å²) in [7, 11) is 0. The molecule has 13 heavy (non-hydrogen) atoms. The Morgan fingerprint density at radius 2 is 1.69 bits per heavy atom. The van der Waals surface area contributed by atoms with Crippen molar-refractivity contribution in [3.8, 4) is 0 Å². The predicted octanol–water partition coefficient (Wildman–Crippen LogP) is 3.48. The number of unbranched alkanes of at least 4 members (excludes halogenated alkanes) is 3. The molecule has 0 bridgehead atoms. The van der Waals surface area contributed by atoms with Gasteiger partial charge in [-0.05, 0) is 26.2 Å². The van der Waals surface area contributed by atoms with E-state index >= 15 is 0 Å². The average Bonchev–Trinajstić information content (AvgIpc) is 1.96. The lowest BCUT2D eigenvalue weighted by Crippen LogP contribution is -2.39. The van der Waals surface area contributed by atoms with Crippen LogP contribution in [0.25, 0.3) is 0 Å². The largest absolute Gasteiger partial charge is 0.325 e. The van der Waals surface area contributed by atoms with Crippen LogP contribution < -0.4 is 5.73 Å². The second-order valence-corrected chi connectivity index (χ2v) is 4.57. The van der Waals surface area contributed by atoms with Crippen LogP contribution in [-0.4, -0.2) is 5.54 Å². The SMILES string of the molecule is CCCCCCC(C)C(C)(C)N.F. The molecule has 1 unspecified atom stereocenters. The molecular weight excluding hydrogens is 165 g/mol. The molecule has 0 heterocycles. The van der Waals surface area contributed by atoms with Crippen LogP contribution in [0.1, 0.15) is 59.8 Å². The van der Waals surface area contributed by atoms with E-state index < -0.39 is 0 Å². The van der Waals surface area contributed by atoms with Gasteiger partial charge in [-0.2, -0.15) is 0 Å². The highest BCUT2D eigenvalue weighted by molar-refractivity contribution is 4.78. The van der Waals surface area contributed by atoms with E-state index in [1.54, 1.807) is 0 Å². The number of halogens is 1. The Kier molecular flexibility index (Phi) is 8.64. The summed E-state index contributed by atoms with van der Waals surface area (Å²) in [5.41, 5.74) is 6.00. The first-order valence-corrected chi connectivity index (χ1v) is 5.27. The smallest absolute Gasteiger partial charge is 0.0123 e. The van der Waals surface area contributed by atoms with Crippen molar-refractivity contribution in [1.82, 2.24) is 0 Å². The molecule has 0 spiro atoms. The molecule has 0 aromatic rings. The summed E-state index contributed by atoms with van der Waals surface area (Å²) in [6.07, 6.45) is 6.69. The fourth-order valence-electron chi connectivity index (χ4n) is 1.25. The van der Waals surface area contributed by atoms with E-state index in [9.17, 15) is 0 Å². The third kappa shape index (κ3) is 8.23. The van der Waals surface area contributed by atoms with E-state index in [2.05, 4.69) is 27.7 Å². The fraction of sp³-hybridized carbons (Fsp3) is 1.00. The van der Waals surface area contributed by atoms with Crippen LogP contribution in [0.4, 0.5) is 4.70 Å². The van der Waals surface area contributed by atoms with Crippen LogP contribution in [0.2, 0.25) is 0 Å². The van der Waals surface area contributed by atoms with E-state index in [0.29, 0.717) is 5.92 Å². The van der Waals surface area contributed by atoms with Crippen LogP contribution in [0, 0.1) is 5.92 Å². The van der Waals surface area contributed by atoms with Crippen molar-refractivity contribution >= 4 is 0 Å². The first-order valence-electron chi connectivity index (χ1n) is 5.27. The maximum absolute atomic E-state index is 5.99. The molecule has 0 rings (SSSR count). The van der Waals surface area contributed by atoms with E-state index in [1.807, 2.05) is 0 Å². The third-order valence-corrected chi connectivity index (χ3v) is 2.76. The molecule has 82 valence electrons. The van der Waals surface area contributed by atoms with Gasteiger partial charge in [0.2, 0.25) is 0 Å². The summed E-state index contributed by atoms with van der Waals surface area (Å²) in [4.78, 5) is 0. The third-order valence-electron chi connectivity index (χ3n) is 2.76. The van der Waals surface area contributed by atoms with E-state index in [4.69, 9.17) is 5.73 Å². The van der Waals surface area contributed by atoms with Gasteiger partial charge in [0.1, 0.15) is 0 Å². The minimum Gasteiger partial charge on any atom is -0.325 e. The first-order chi connectivity index (χ1) is 5.48. The maximum Gasteiger partial charge on any atom is 0.0123 e. The Hall–Kier alpha value is -0.110. The van der Waals surface area contributed by atoms with Gasteiger partial charge in [-0.15, -0.1) is 0 Å². The summed E-state index contributed by atoms with van der Waals surface area (Å²) in [5, 5.41) is 0. The molecule has 2 heteroatoms. The highest BCUT2D eigenvalue weighted by atomic mass is 19.0. The zero-order chi connectivity index (χ0) is 9.61. The van der Waals surface area contributed by atoms with Crippen molar-refractivity contribution in [2.45, 2.75) is 65.3 Å². The molecule has 0 saturated heterocycles. The highest BCUT2D eigenvalue weighted by Crippen LogP contribution is 2.19. The van der Waals surface area contributed by atoms with Gasteiger partial charge in [-0.3, -0.25) is 4.70 Å². The van der Waals surface area contributed by atoms with Crippen molar-refractivity contribution in [2.24, 2.45) is 11.7 Å². The summed E-state index contributed by atoms with van der Waals surface area (Å²) in [6, 6.07) is 0. The monoisotopic (exact) mass is 191 g/mol. The Morgan fingerprint density at radius 1 is 1.15 bits per heavy atom. The van der Waals surface area contributed by atoms with Crippen molar-refractivity contribution < 1.29 is 4.70 Å². The van der Waals surface area contributed by atoms with Crippen LogP contribution in [0.3, 0.4) is 0 Å². The first kappa shape index (κ1) is 15.4. The Balaban J connectivity index is 0. The van der Waals surface area contributed by atoms with Crippen LogP contribution >= 0.6 is 0 Å². The second kappa shape index (κ2) is 7.31. The van der Waals surface area contributed by atoms with Crippen LogP contribution in [-0.2, 0) is 0 Å². The van der Waals surface area contributed by atoms with E-state index in [-0.39, 0.29) is 10.2 Å². The molecule has 0 radical (unpaired) electrons. The molecule has 2 N–H and O–H groups in total. The lowest BCUT2D eigenvalue weighted by molar-refractivity contribution is 0.317. The Labute approximate surface area is 82.5 Å². The number of hydrogen-bond donors (Lipinski definition) is 1. The topological polar surface area (TPSA) is 26.0 Å². The van der Waals surface area contributed by atoms with Gasteiger partial charge in [0.05, 0.1) is 0 Å². The highest BCUT2D eigenvalue weighted by Gasteiger charge is 2.19. The molecule has 0 aliphatic rings. The van der Waals surface area contributed by atoms with Gasteiger partial charge < -0.3 is 5.73 Å². The summed E-state index contributed by atoms with van der Waals surface area (Å²) < 4.78 is 0. The van der Waals surface area contributed by atoms with Gasteiger partial charge >= 0.3 is 0 Å². The van der Waals surface area contributed by atoms with Crippen molar-refractivity contribution in [2.75, 3.05) is 0 Å². The van der Waals surface area contributed by atoms with Gasteiger partial charge in [0, 0.05) is 5.54 Å². The maximum atomic E-state index is 5.99. The molecule has 0 saturated carbocycles. The summed E-state index contributed by atoms with van der Waals surface area (Å²) in [6.45, 7) is 8.75. The molecule has 0 aromatic carbocycles. The minimum absolute atomic E-state index is 0. The molecule has 0 aromatic heterocycles. The van der Waals surface area contributed by atoms with Crippen LogP contribution in [0.15, 0.2) is 0 Å². The van der Waals surface area contributed by atoms with Gasteiger partial charge in [0.15, 0.2) is 0 Å². The van der Waals surface area contributed by atoms with Crippen molar-refractivity contribution in [1.29, 1.82) is 0 Å². The molecule has 0 fully saturated rings. The second-order valence-electron chi connectivity index (χ2n) is 4.57. The summed E-state index contributed by atoms with van der Waals surface area (Å²) in [5.74, 6) is 0.648. The van der Waals surface area contributed by atoms with Gasteiger partial charge in [-0.25, -0.2) is 0 Å². The Morgan fingerprint density at radius 3 is 2.08 bits per heavy atom.